The van der Waals surface area contributed by atoms with Gasteiger partial charge in [0, 0.05) is 18.7 Å². The Kier molecular flexibility index (Phi) is 3.93. The largest absolute Gasteiger partial charge is 0.377 e. The number of nitrogens with zero attached hydrogens (tertiary/aromatic N) is 1. The van der Waals surface area contributed by atoms with Gasteiger partial charge in [-0.3, -0.25) is 4.79 Å². The first-order valence-electron chi connectivity index (χ1n) is 5.98. The molecule has 0 spiro atoms. The van der Waals surface area contributed by atoms with Crippen LogP contribution in [0.2, 0.25) is 0 Å². The first kappa shape index (κ1) is 13.0. The van der Waals surface area contributed by atoms with E-state index in [9.17, 15) is 9.18 Å². The number of rotatable bonds is 2. The zero-order valence-corrected chi connectivity index (χ0v) is 10.4. The van der Waals surface area contributed by atoms with Crippen LogP contribution in [0, 0.1) is 12.7 Å². The monoisotopic (exact) mass is 252 g/mol. The van der Waals surface area contributed by atoms with E-state index in [1.807, 2.05) is 0 Å². The molecule has 5 heteroatoms. The Hall–Kier alpha value is -1.46. The summed E-state index contributed by atoms with van der Waals surface area (Å²) in [5.41, 5.74) is 6.60. The van der Waals surface area contributed by atoms with Crippen LogP contribution in [0.5, 0.6) is 0 Å². The summed E-state index contributed by atoms with van der Waals surface area (Å²) in [6.45, 7) is 3.51. The highest BCUT2D eigenvalue weighted by Gasteiger charge is 2.27. The molecule has 0 aromatic heterocycles. The predicted octanol–water partition coefficient (Wildman–Crippen LogP) is 0.934. The van der Waals surface area contributed by atoms with E-state index >= 15 is 0 Å². The number of amides is 1. The highest BCUT2D eigenvalue weighted by Crippen LogP contribution is 2.15. The molecule has 18 heavy (non-hydrogen) atoms. The van der Waals surface area contributed by atoms with E-state index in [0.717, 1.165) is 0 Å². The minimum atomic E-state index is -0.302. The second-order valence-corrected chi connectivity index (χ2v) is 4.43. The fourth-order valence-electron chi connectivity index (χ4n) is 2.06. The maximum absolute atomic E-state index is 13.2. The highest BCUT2D eigenvalue weighted by atomic mass is 19.1. The Morgan fingerprint density at radius 3 is 3.06 bits per heavy atom. The van der Waals surface area contributed by atoms with Crippen LogP contribution in [-0.4, -0.2) is 43.2 Å². The molecule has 0 aliphatic carbocycles. The van der Waals surface area contributed by atoms with Gasteiger partial charge in [0.1, 0.15) is 5.82 Å². The maximum Gasteiger partial charge on any atom is 0.254 e. The van der Waals surface area contributed by atoms with Crippen molar-refractivity contribution in [2.75, 3.05) is 26.3 Å². The number of hydrogen-bond acceptors (Lipinski definition) is 3. The molecule has 1 aliphatic rings. The average Bonchev–Trinajstić information content (AvgIpc) is 2.41. The van der Waals surface area contributed by atoms with Crippen molar-refractivity contribution in [3.05, 3.63) is 35.1 Å². The lowest BCUT2D eigenvalue weighted by Crippen LogP contribution is -2.52. The number of aryl methyl sites for hydroxylation is 1. The quantitative estimate of drug-likeness (QED) is 0.852. The average molecular weight is 252 g/mol. The van der Waals surface area contributed by atoms with Crippen LogP contribution in [0.1, 0.15) is 15.9 Å². The maximum atomic E-state index is 13.2. The van der Waals surface area contributed by atoms with Crippen LogP contribution in [-0.2, 0) is 4.74 Å². The van der Waals surface area contributed by atoms with Crippen LogP contribution >= 0.6 is 0 Å². The van der Waals surface area contributed by atoms with Crippen molar-refractivity contribution in [2.24, 2.45) is 5.73 Å². The second-order valence-electron chi connectivity index (χ2n) is 4.43. The van der Waals surface area contributed by atoms with Gasteiger partial charge in [0.05, 0.1) is 19.3 Å². The molecular formula is C13H17FN2O2. The zero-order chi connectivity index (χ0) is 13.1. The Morgan fingerprint density at radius 1 is 1.61 bits per heavy atom. The number of benzene rings is 1. The van der Waals surface area contributed by atoms with Gasteiger partial charge < -0.3 is 15.4 Å². The Labute approximate surface area is 106 Å². The lowest BCUT2D eigenvalue weighted by Gasteiger charge is -2.35. The molecular weight excluding hydrogens is 235 g/mol. The molecule has 1 heterocycles. The van der Waals surface area contributed by atoms with E-state index < -0.39 is 0 Å². The van der Waals surface area contributed by atoms with Crippen LogP contribution in [0.4, 0.5) is 4.39 Å². The summed E-state index contributed by atoms with van der Waals surface area (Å²) < 4.78 is 18.5. The molecule has 1 aromatic rings. The summed E-state index contributed by atoms with van der Waals surface area (Å²) in [6.07, 6.45) is 0. The number of hydrogen-bond donors (Lipinski definition) is 1. The third-order valence-corrected chi connectivity index (χ3v) is 3.17. The summed E-state index contributed by atoms with van der Waals surface area (Å²) in [4.78, 5) is 14.0. The molecule has 1 aliphatic heterocycles. The van der Waals surface area contributed by atoms with E-state index in [1.54, 1.807) is 17.9 Å². The number of carbonyl (C=O) groups is 1. The predicted molar refractivity (Wildman–Crippen MR) is 65.8 cm³/mol. The zero-order valence-electron chi connectivity index (χ0n) is 10.4. The van der Waals surface area contributed by atoms with Gasteiger partial charge in [-0.1, -0.05) is 0 Å². The van der Waals surface area contributed by atoms with Crippen molar-refractivity contribution in [1.29, 1.82) is 0 Å². The molecule has 4 nitrogen and oxygen atoms in total. The molecule has 1 fully saturated rings. The van der Waals surface area contributed by atoms with E-state index in [4.69, 9.17) is 10.5 Å². The van der Waals surface area contributed by atoms with E-state index in [2.05, 4.69) is 0 Å². The molecule has 2 rings (SSSR count). The number of nitrogens with two attached hydrogens (primary N) is 1. The second kappa shape index (κ2) is 5.46. The fraction of sp³-hybridized carbons (Fsp3) is 0.462. The summed E-state index contributed by atoms with van der Waals surface area (Å²) >= 11 is 0. The molecule has 0 radical (unpaired) electrons. The molecule has 1 atom stereocenters. The van der Waals surface area contributed by atoms with Crippen molar-refractivity contribution >= 4 is 5.91 Å². The smallest absolute Gasteiger partial charge is 0.254 e. The number of morpholine rings is 1. The standard InChI is InChI=1S/C13H17FN2O2/c1-9-6-10(2-3-12(9)14)13(17)16-4-5-18-8-11(16)7-15/h2-3,6,11H,4-5,7-8,15H2,1H3. The van der Waals surface area contributed by atoms with Crippen LogP contribution < -0.4 is 5.73 Å². The third kappa shape index (κ3) is 2.52. The van der Waals surface area contributed by atoms with Crippen molar-refractivity contribution in [2.45, 2.75) is 13.0 Å². The minimum absolute atomic E-state index is 0.100. The molecule has 2 N–H and O–H groups in total. The van der Waals surface area contributed by atoms with Gasteiger partial charge >= 0.3 is 0 Å². The van der Waals surface area contributed by atoms with Crippen molar-refractivity contribution in [1.82, 2.24) is 4.90 Å². The lowest BCUT2D eigenvalue weighted by molar-refractivity contribution is 0.000832. The van der Waals surface area contributed by atoms with Gasteiger partial charge in [-0.05, 0) is 30.7 Å². The Bertz CT molecular complexity index is 451. The minimum Gasteiger partial charge on any atom is -0.377 e. The van der Waals surface area contributed by atoms with Crippen molar-refractivity contribution in [3.63, 3.8) is 0 Å². The number of halogens is 1. The van der Waals surface area contributed by atoms with Gasteiger partial charge in [-0.2, -0.15) is 0 Å². The molecule has 1 aromatic carbocycles. The van der Waals surface area contributed by atoms with Gasteiger partial charge in [-0.25, -0.2) is 4.39 Å². The van der Waals surface area contributed by atoms with Crippen LogP contribution in [0.3, 0.4) is 0 Å². The Balaban J connectivity index is 2.21. The van der Waals surface area contributed by atoms with Crippen molar-refractivity contribution < 1.29 is 13.9 Å². The van der Waals surface area contributed by atoms with E-state index in [-0.39, 0.29) is 17.8 Å². The normalized spacial score (nSPS) is 19.9. The molecule has 1 unspecified atom stereocenters. The lowest BCUT2D eigenvalue weighted by atomic mass is 10.1. The SMILES string of the molecule is Cc1cc(C(=O)N2CCOCC2CN)ccc1F. The molecule has 1 saturated heterocycles. The summed E-state index contributed by atoms with van der Waals surface area (Å²) in [5, 5.41) is 0. The fourth-order valence-corrected chi connectivity index (χ4v) is 2.06. The molecule has 1 amide bonds. The van der Waals surface area contributed by atoms with Crippen molar-refractivity contribution in [3.8, 4) is 0 Å². The van der Waals surface area contributed by atoms with Crippen LogP contribution in [0.25, 0.3) is 0 Å². The topological polar surface area (TPSA) is 55.6 Å². The summed E-state index contributed by atoms with van der Waals surface area (Å²) in [5.74, 6) is -0.416. The molecule has 0 bridgehead atoms. The number of ether oxygens (including phenoxy) is 1. The van der Waals surface area contributed by atoms with Gasteiger partial charge in [0.2, 0.25) is 0 Å². The first-order valence-corrected chi connectivity index (χ1v) is 5.98. The molecule has 98 valence electrons. The van der Waals surface area contributed by atoms with Crippen LogP contribution in [0.15, 0.2) is 18.2 Å². The van der Waals surface area contributed by atoms with Gasteiger partial charge in [0.25, 0.3) is 5.91 Å². The number of carbonyl (C=O) groups excluding carboxylic acids is 1. The third-order valence-electron chi connectivity index (χ3n) is 3.17. The van der Waals surface area contributed by atoms with Gasteiger partial charge in [-0.15, -0.1) is 0 Å². The molecule has 0 saturated carbocycles. The summed E-state index contributed by atoms with van der Waals surface area (Å²) in [7, 11) is 0. The van der Waals surface area contributed by atoms with E-state index in [0.29, 0.717) is 37.4 Å². The first-order chi connectivity index (χ1) is 8.63. The Morgan fingerprint density at radius 2 is 2.39 bits per heavy atom. The highest BCUT2D eigenvalue weighted by molar-refractivity contribution is 5.94. The van der Waals surface area contributed by atoms with Gasteiger partial charge in [0.15, 0.2) is 0 Å². The van der Waals surface area contributed by atoms with E-state index in [1.165, 1.54) is 12.1 Å². The summed E-state index contributed by atoms with van der Waals surface area (Å²) in [6, 6.07) is 4.30.